The van der Waals surface area contributed by atoms with Gasteiger partial charge >= 0.3 is 0 Å². The van der Waals surface area contributed by atoms with Gasteiger partial charge in [0.25, 0.3) is 16.7 Å². The van der Waals surface area contributed by atoms with E-state index in [1.54, 1.807) is 13.8 Å². The molecule has 2 aromatic rings. The highest BCUT2D eigenvalue weighted by Crippen LogP contribution is 2.41. The van der Waals surface area contributed by atoms with Gasteiger partial charge < -0.3 is 26.6 Å². The van der Waals surface area contributed by atoms with Crippen molar-refractivity contribution in [2.45, 2.75) is 51.7 Å². The van der Waals surface area contributed by atoms with Gasteiger partial charge in [0.1, 0.15) is 12.6 Å². The Kier molecular flexibility index (Phi) is 9.14. The Morgan fingerprint density at radius 1 is 1.12 bits per heavy atom. The first-order chi connectivity index (χ1) is 19.9. The smallest absolute Gasteiger partial charge is 0.264 e. The molecule has 2 aliphatic rings. The van der Waals surface area contributed by atoms with E-state index in [0.29, 0.717) is 19.4 Å². The van der Waals surface area contributed by atoms with Crippen LogP contribution in [0.4, 0.5) is 0 Å². The van der Waals surface area contributed by atoms with Crippen molar-refractivity contribution in [1.29, 1.82) is 0 Å². The highest BCUT2D eigenvalue weighted by atomic mass is 35.5. The Balaban J connectivity index is 2.12. The fraction of sp³-hybridized carbons (Fsp3) is 0.429. The number of quaternary nitrogens is 1. The number of hydrogen-bond donors (Lipinski definition) is 4. The van der Waals surface area contributed by atoms with Crippen molar-refractivity contribution < 1.29 is 25.2 Å². The monoisotopic (exact) mass is 601 g/mol. The molecule has 0 unspecified atom stereocenters. The summed E-state index contributed by atoms with van der Waals surface area (Å²) in [4.78, 5) is 70.4. The number of carbonyl (C=O) groups excluding carboxylic acids is 2. The molecule has 2 amide bonds. The minimum atomic E-state index is -1.17. The summed E-state index contributed by atoms with van der Waals surface area (Å²) in [6, 6.07) is 1.28. The number of carbonyl (C=O) groups is 2. The zero-order valence-corrected chi connectivity index (χ0v) is 24.4. The van der Waals surface area contributed by atoms with E-state index in [2.05, 4.69) is 16.0 Å². The molecule has 0 saturated heterocycles. The van der Waals surface area contributed by atoms with E-state index in [9.17, 15) is 29.1 Å². The molecule has 1 aliphatic heterocycles. The fourth-order valence-corrected chi connectivity index (χ4v) is 5.64. The zero-order valence-electron chi connectivity index (χ0n) is 23.7. The van der Waals surface area contributed by atoms with Gasteiger partial charge in [0.15, 0.2) is 0 Å². The number of benzene rings is 2. The average molecular weight is 602 g/mol. The number of rotatable bonds is 12. The Hall–Kier alpha value is -4.07. The van der Waals surface area contributed by atoms with Gasteiger partial charge in [0, 0.05) is 42.6 Å². The Labute approximate surface area is 244 Å². The maximum absolute atomic E-state index is 14.1. The SMILES string of the molecule is COCC(=O)NCCn1c(=O)c2cc(=NC(C)C)c3c(=O)n([C@@H](CCCC[NH3+])C(N)=O)c(O)c4cc(Cl)c(c-2c43)c1=O. The zero-order chi connectivity index (χ0) is 30.9. The Morgan fingerprint density at radius 3 is 2.45 bits per heavy atom. The van der Waals surface area contributed by atoms with Crippen LogP contribution in [0, 0.1) is 0 Å². The second-order valence-corrected chi connectivity index (χ2v) is 10.8. The predicted octanol–water partition coefficient (Wildman–Crippen LogP) is -0.474. The Bertz CT molecular complexity index is 1870. The summed E-state index contributed by atoms with van der Waals surface area (Å²) in [5.74, 6) is -1.78. The van der Waals surface area contributed by atoms with Crippen LogP contribution < -0.4 is 38.8 Å². The number of unbranched alkanes of at least 4 members (excludes halogenated alkanes) is 1. The predicted molar refractivity (Wildman–Crippen MR) is 157 cm³/mol. The maximum Gasteiger partial charge on any atom is 0.264 e. The van der Waals surface area contributed by atoms with Gasteiger partial charge in [0.2, 0.25) is 17.7 Å². The summed E-state index contributed by atoms with van der Waals surface area (Å²) >= 11 is 6.63. The molecule has 1 atom stereocenters. The minimum Gasteiger partial charge on any atom is -0.494 e. The van der Waals surface area contributed by atoms with Gasteiger partial charge in [-0.2, -0.15) is 0 Å². The van der Waals surface area contributed by atoms with Crippen molar-refractivity contribution in [1.82, 2.24) is 14.5 Å². The second-order valence-electron chi connectivity index (χ2n) is 10.4. The van der Waals surface area contributed by atoms with Crippen molar-refractivity contribution in [3.05, 3.63) is 53.6 Å². The van der Waals surface area contributed by atoms with E-state index in [-0.39, 0.29) is 75.2 Å². The van der Waals surface area contributed by atoms with Crippen molar-refractivity contribution in [2.24, 2.45) is 10.7 Å². The van der Waals surface area contributed by atoms with Crippen LogP contribution in [-0.2, 0) is 20.9 Å². The van der Waals surface area contributed by atoms with Gasteiger partial charge in [-0.1, -0.05) is 11.6 Å². The summed E-state index contributed by atoms with van der Waals surface area (Å²) in [7, 11) is 1.37. The quantitative estimate of drug-likeness (QED) is 0.124. The number of primary amides is 1. The number of ether oxygens (including phenoxy) is 1. The third-order valence-electron chi connectivity index (χ3n) is 7.12. The van der Waals surface area contributed by atoms with Gasteiger partial charge in [0.05, 0.1) is 33.3 Å². The lowest BCUT2D eigenvalue weighted by Crippen LogP contribution is -2.50. The van der Waals surface area contributed by atoms with Crippen LogP contribution in [-0.4, -0.2) is 58.9 Å². The first-order valence-corrected chi connectivity index (χ1v) is 14.0. The molecular weight excluding hydrogens is 568 g/mol. The van der Waals surface area contributed by atoms with E-state index >= 15 is 0 Å². The number of hydrogen-bond acceptors (Lipinski definition) is 8. The largest absolute Gasteiger partial charge is 0.494 e. The number of nitrogens with zero attached hydrogens (tertiary/aromatic N) is 3. The molecule has 0 fully saturated rings. The standard InChI is InChI=1S/C28H33ClN6O7/c1-13(2)33-17-11-15-20-21-14(26(39)35(28(41)23(17)21)18(24(31)37)6-4-5-7-30)10-16(29)22(20)27(40)34(25(15)38)9-8-32-19(36)12-42-3/h10-11,13,18,39H,4-9,12,30H2,1-3H3,(H2,31,37)(H,32,36)/p+1/t18-/m0/s1. The van der Waals surface area contributed by atoms with Gasteiger partial charge in [-0.15, -0.1) is 0 Å². The van der Waals surface area contributed by atoms with Crippen molar-refractivity contribution >= 4 is 45.0 Å². The van der Waals surface area contributed by atoms with Gasteiger partial charge in [-0.3, -0.25) is 38.1 Å². The first kappa shape index (κ1) is 30.9. The van der Waals surface area contributed by atoms with Crippen LogP contribution >= 0.6 is 11.6 Å². The van der Waals surface area contributed by atoms with E-state index < -0.39 is 40.4 Å². The number of amides is 2. The van der Waals surface area contributed by atoms with Crippen LogP contribution in [0.15, 0.2) is 31.5 Å². The lowest BCUT2D eigenvalue weighted by Gasteiger charge is -2.23. The first-order valence-electron chi connectivity index (χ1n) is 13.6. The number of halogens is 1. The summed E-state index contributed by atoms with van der Waals surface area (Å²) in [6.07, 6.45) is 1.40. The summed E-state index contributed by atoms with van der Waals surface area (Å²) in [6.45, 7) is 3.84. The molecule has 7 N–H and O–H groups in total. The average Bonchev–Trinajstić information content (AvgIpc) is 2.91. The number of nitrogens with two attached hydrogens (primary N) is 1. The number of pyridine rings is 2. The van der Waals surface area contributed by atoms with Crippen molar-refractivity contribution in [2.75, 3.05) is 26.8 Å². The van der Waals surface area contributed by atoms with Crippen LogP contribution in [0.25, 0.3) is 32.7 Å². The molecule has 0 radical (unpaired) electrons. The molecule has 4 rings (SSSR count). The molecule has 224 valence electrons. The molecule has 2 heterocycles. The lowest BCUT2D eigenvalue weighted by atomic mass is 9.90. The third-order valence-corrected chi connectivity index (χ3v) is 7.42. The summed E-state index contributed by atoms with van der Waals surface area (Å²) in [5.41, 5.74) is 7.53. The fourth-order valence-electron chi connectivity index (χ4n) is 5.35. The molecule has 0 bridgehead atoms. The maximum atomic E-state index is 14.1. The molecule has 14 heteroatoms. The normalized spacial score (nSPS) is 13.1. The van der Waals surface area contributed by atoms with Crippen LogP contribution in [0.2, 0.25) is 5.02 Å². The van der Waals surface area contributed by atoms with Gasteiger partial charge in [-0.25, -0.2) is 0 Å². The number of aromatic hydroxyl groups is 1. The van der Waals surface area contributed by atoms with E-state index in [1.807, 2.05) is 0 Å². The molecule has 13 nitrogen and oxygen atoms in total. The van der Waals surface area contributed by atoms with E-state index in [4.69, 9.17) is 22.1 Å². The van der Waals surface area contributed by atoms with Crippen LogP contribution in [0.5, 0.6) is 5.88 Å². The number of methoxy groups -OCH3 is 1. The lowest BCUT2D eigenvalue weighted by molar-refractivity contribution is -0.368. The molecule has 0 saturated carbocycles. The molecule has 1 aromatic carbocycles. The molecular formula is C28H34ClN6O7+. The summed E-state index contributed by atoms with van der Waals surface area (Å²) < 4.78 is 6.69. The van der Waals surface area contributed by atoms with E-state index in [0.717, 1.165) is 9.13 Å². The highest BCUT2D eigenvalue weighted by Gasteiger charge is 2.31. The third kappa shape index (κ3) is 5.42. The molecule has 0 spiro atoms. The van der Waals surface area contributed by atoms with E-state index in [1.165, 1.54) is 19.2 Å². The summed E-state index contributed by atoms with van der Waals surface area (Å²) in [5, 5.41) is 14.3. The van der Waals surface area contributed by atoms with Gasteiger partial charge in [-0.05, 0) is 45.2 Å². The topological polar surface area (TPSA) is 203 Å². The molecule has 42 heavy (non-hydrogen) atoms. The van der Waals surface area contributed by atoms with Crippen molar-refractivity contribution in [3.63, 3.8) is 0 Å². The molecule has 1 aromatic heterocycles. The van der Waals surface area contributed by atoms with Crippen LogP contribution in [0.3, 0.4) is 0 Å². The highest BCUT2D eigenvalue weighted by molar-refractivity contribution is 6.37. The minimum absolute atomic E-state index is 0.0254. The Morgan fingerprint density at radius 2 is 1.83 bits per heavy atom. The number of nitrogens with one attached hydrogen (secondary N) is 1. The van der Waals surface area contributed by atoms with Crippen LogP contribution in [0.1, 0.15) is 39.2 Å². The number of aromatic nitrogens is 2. The molecule has 1 aliphatic carbocycles. The second kappa shape index (κ2) is 12.4. The van der Waals surface area contributed by atoms with Crippen molar-refractivity contribution in [3.8, 4) is 17.0 Å².